The van der Waals surface area contributed by atoms with Crippen molar-refractivity contribution in [1.82, 2.24) is 4.90 Å². The summed E-state index contributed by atoms with van der Waals surface area (Å²) in [5, 5.41) is 0. The lowest BCUT2D eigenvalue weighted by Gasteiger charge is -2.34. The van der Waals surface area contributed by atoms with Crippen LogP contribution in [0.15, 0.2) is 12.2 Å². The van der Waals surface area contributed by atoms with Crippen molar-refractivity contribution in [3.8, 4) is 0 Å². The Bertz CT molecular complexity index is 458. The van der Waals surface area contributed by atoms with E-state index in [1.807, 2.05) is 13.8 Å². The summed E-state index contributed by atoms with van der Waals surface area (Å²) in [5.74, 6) is -0.299. The molecule has 25 heavy (non-hydrogen) atoms. The van der Waals surface area contributed by atoms with Crippen molar-refractivity contribution in [2.75, 3.05) is 33.9 Å². The van der Waals surface area contributed by atoms with E-state index in [0.29, 0.717) is 19.4 Å². The Morgan fingerprint density at radius 1 is 1.12 bits per heavy atom. The minimum atomic E-state index is -0.870. The minimum Gasteiger partial charge on any atom is -0.461 e. The summed E-state index contributed by atoms with van der Waals surface area (Å²) in [6, 6.07) is 0. The van der Waals surface area contributed by atoms with Crippen LogP contribution in [0, 0.1) is 5.41 Å². The second kappa shape index (κ2) is 9.15. The number of allylic oxidation sites excluding steroid dienone is 2. The first-order chi connectivity index (χ1) is 11.5. The number of carbonyl (C=O) groups excluding carboxylic acids is 1. The van der Waals surface area contributed by atoms with E-state index in [9.17, 15) is 4.79 Å². The molecule has 1 unspecified atom stereocenters. The van der Waals surface area contributed by atoms with Gasteiger partial charge in [0.2, 0.25) is 0 Å². The number of rotatable bonds is 8. The summed E-state index contributed by atoms with van der Waals surface area (Å²) in [4.78, 5) is 14.7. The third-order valence-corrected chi connectivity index (χ3v) is 4.47. The van der Waals surface area contributed by atoms with Crippen LogP contribution in [-0.2, 0) is 14.3 Å². The van der Waals surface area contributed by atoms with Gasteiger partial charge in [0.1, 0.15) is 12.1 Å². The van der Waals surface area contributed by atoms with Crippen molar-refractivity contribution < 1.29 is 14.3 Å². The molecule has 0 saturated heterocycles. The van der Waals surface area contributed by atoms with Gasteiger partial charge >= 0.3 is 5.97 Å². The maximum Gasteiger partial charge on any atom is 0.326 e. The molecule has 2 N–H and O–H groups in total. The molecular formula is C20H38N2O3. The molecule has 0 heterocycles. The highest BCUT2D eigenvalue weighted by atomic mass is 16.6. The summed E-state index contributed by atoms with van der Waals surface area (Å²) >= 11 is 0. The topological polar surface area (TPSA) is 64.8 Å². The molecule has 5 heteroatoms. The Morgan fingerprint density at radius 3 is 2.40 bits per heavy atom. The molecule has 1 aliphatic carbocycles. The van der Waals surface area contributed by atoms with Gasteiger partial charge in [-0.15, -0.1) is 0 Å². The molecule has 0 aromatic heterocycles. The SMILES string of the molecule is CN(C)CC(C)(C)COC(C)(C)COC(=O)C1(N)CC/C=C/CCC1. The molecule has 0 fully saturated rings. The van der Waals surface area contributed by atoms with E-state index in [1.54, 1.807) is 0 Å². The van der Waals surface area contributed by atoms with Crippen LogP contribution in [0.1, 0.15) is 59.8 Å². The van der Waals surface area contributed by atoms with Gasteiger partial charge in [0.25, 0.3) is 0 Å². The van der Waals surface area contributed by atoms with Crippen molar-refractivity contribution in [1.29, 1.82) is 0 Å². The van der Waals surface area contributed by atoms with Gasteiger partial charge in [-0.2, -0.15) is 0 Å². The first-order valence-corrected chi connectivity index (χ1v) is 9.36. The molecule has 1 aliphatic rings. The lowest BCUT2D eigenvalue weighted by molar-refractivity contribution is -0.162. The van der Waals surface area contributed by atoms with Gasteiger partial charge < -0.3 is 20.1 Å². The van der Waals surface area contributed by atoms with Crippen LogP contribution in [0.2, 0.25) is 0 Å². The predicted octanol–water partition coefficient (Wildman–Crippen LogP) is 3.13. The standard InChI is InChI=1S/C20H38N2O3/c1-18(2,14-22(5)6)15-25-19(3,4)16-24-17(23)20(21)12-10-8-7-9-11-13-20/h7-8H,9-16,21H2,1-6H3/b8-7+. The van der Waals surface area contributed by atoms with Gasteiger partial charge in [-0.25, -0.2) is 0 Å². The highest BCUT2D eigenvalue weighted by molar-refractivity contribution is 5.80. The monoisotopic (exact) mass is 354 g/mol. The van der Waals surface area contributed by atoms with E-state index in [2.05, 4.69) is 45.0 Å². The quantitative estimate of drug-likeness (QED) is 0.536. The Kier molecular flexibility index (Phi) is 8.10. The molecule has 0 amide bonds. The average molecular weight is 355 g/mol. The van der Waals surface area contributed by atoms with Gasteiger partial charge in [-0.3, -0.25) is 4.79 Å². The number of carbonyl (C=O) groups is 1. The predicted molar refractivity (Wildman–Crippen MR) is 102 cm³/mol. The Balaban J connectivity index is 2.51. The van der Waals surface area contributed by atoms with Crippen LogP contribution >= 0.6 is 0 Å². The maximum absolute atomic E-state index is 12.5. The Labute approximate surface area is 153 Å². The summed E-state index contributed by atoms with van der Waals surface area (Å²) in [6.45, 7) is 10.0. The zero-order valence-electron chi connectivity index (χ0n) is 17.1. The van der Waals surface area contributed by atoms with E-state index in [0.717, 1.165) is 25.8 Å². The molecular weight excluding hydrogens is 316 g/mol. The van der Waals surface area contributed by atoms with Crippen LogP contribution in [0.4, 0.5) is 0 Å². The molecule has 0 spiro atoms. The molecule has 5 nitrogen and oxygen atoms in total. The van der Waals surface area contributed by atoms with Crippen molar-refractivity contribution in [3.05, 3.63) is 12.2 Å². The third kappa shape index (κ3) is 8.34. The zero-order chi connectivity index (χ0) is 19.1. The number of hydrogen-bond acceptors (Lipinski definition) is 5. The molecule has 0 radical (unpaired) electrons. The normalized spacial score (nSPS) is 23.8. The van der Waals surface area contributed by atoms with E-state index < -0.39 is 11.1 Å². The van der Waals surface area contributed by atoms with E-state index in [4.69, 9.17) is 15.2 Å². The molecule has 0 aliphatic heterocycles. The fourth-order valence-electron chi connectivity index (χ4n) is 3.16. The second-order valence-corrected chi connectivity index (χ2v) is 9.08. The molecule has 1 rings (SSSR count). The summed E-state index contributed by atoms with van der Waals surface area (Å²) in [5.41, 5.74) is 4.98. The van der Waals surface area contributed by atoms with Crippen LogP contribution in [-0.4, -0.2) is 55.9 Å². The maximum atomic E-state index is 12.5. The fraction of sp³-hybridized carbons (Fsp3) is 0.850. The van der Waals surface area contributed by atoms with Crippen molar-refractivity contribution in [2.24, 2.45) is 11.1 Å². The Hall–Kier alpha value is -0.910. The number of hydrogen-bond donors (Lipinski definition) is 1. The summed E-state index contributed by atoms with van der Waals surface area (Å²) < 4.78 is 11.6. The first-order valence-electron chi connectivity index (χ1n) is 9.36. The van der Waals surface area contributed by atoms with Gasteiger partial charge in [0.05, 0.1) is 12.2 Å². The summed E-state index contributed by atoms with van der Waals surface area (Å²) in [7, 11) is 4.11. The van der Waals surface area contributed by atoms with Gasteiger partial charge in [-0.1, -0.05) is 26.0 Å². The largest absolute Gasteiger partial charge is 0.461 e. The minimum absolute atomic E-state index is 0.0335. The molecule has 0 bridgehead atoms. The lowest BCUT2D eigenvalue weighted by Crippen LogP contribution is -2.50. The third-order valence-electron chi connectivity index (χ3n) is 4.47. The van der Waals surface area contributed by atoms with Crippen LogP contribution < -0.4 is 5.73 Å². The van der Waals surface area contributed by atoms with Crippen molar-refractivity contribution >= 4 is 5.97 Å². The highest BCUT2D eigenvalue weighted by Gasteiger charge is 2.36. The number of esters is 1. The summed E-state index contributed by atoms with van der Waals surface area (Å²) in [6.07, 6.45) is 8.30. The van der Waals surface area contributed by atoms with Crippen LogP contribution in [0.5, 0.6) is 0 Å². The van der Waals surface area contributed by atoms with Crippen molar-refractivity contribution in [3.63, 3.8) is 0 Å². The lowest BCUT2D eigenvalue weighted by atomic mass is 9.87. The number of nitrogens with zero attached hydrogens (tertiary/aromatic N) is 1. The van der Waals surface area contributed by atoms with E-state index in [1.165, 1.54) is 0 Å². The first kappa shape index (κ1) is 22.1. The molecule has 0 aromatic carbocycles. The molecule has 1 atom stereocenters. The van der Waals surface area contributed by atoms with E-state index >= 15 is 0 Å². The van der Waals surface area contributed by atoms with Gasteiger partial charge in [0, 0.05) is 12.0 Å². The highest BCUT2D eigenvalue weighted by Crippen LogP contribution is 2.25. The van der Waals surface area contributed by atoms with Crippen molar-refractivity contribution in [2.45, 2.75) is 70.9 Å². The average Bonchev–Trinajstić information content (AvgIpc) is 2.46. The molecule has 146 valence electrons. The van der Waals surface area contributed by atoms with Crippen LogP contribution in [0.3, 0.4) is 0 Å². The molecule has 0 aromatic rings. The number of ether oxygens (including phenoxy) is 2. The molecule has 0 saturated carbocycles. The van der Waals surface area contributed by atoms with Gasteiger partial charge in [-0.05, 0) is 60.0 Å². The van der Waals surface area contributed by atoms with Gasteiger partial charge in [0.15, 0.2) is 0 Å². The fourth-order valence-corrected chi connectivity index (χ4v) is 3.16. The Morgan fingerprint density at radius 2 is 1.76 bits per heavy atom. The van der Waals surface area contributed by atoms with Crippen LogP contribution in [0.25, 0.3) is 0 Å². The number of nitrogens with two attached hydrogens (primary N) is 1. The zero-order valence-corrected chi connectivity index (χ0v) is 17.1. The smallest absolute Gasteiger partial charge is 0.326 e. The second-order valence-electron chi connectivity index (χ2n) is 9.08. The van der Waals surface area contributed by atoms with E-state index in [-0.39, 0.29) is 18.0 Å².